The number of ether oxygens (including phenoxy) is 2. The third-order valence-electron chi connectivity index (χ3n) is 8.74. The van der Waals surface area contributed by atoms with Gasteiger partial charge < -0.3 is 39.9 Å². The van der Waals surface area contributed by atoms with Gasteiger partial charge in [-0.15, -0.1) is 0 Å². The molecule has 1 aromatic carbocycles. The van der Waals surface area contributed by atoms with Crippen LogP contribution < -0.4 is 15.4 Å². The number of pyridine rings is 1. The molecule has 5 rings (SSSR count). The summed E-state index contributed by atoms with van der Waals surface area (Å²) >= 11 is 0. The van der Waals surface area contributed by atoms with Crippen LogP contribution in [-0.4, -0.2) is 125 Å². The van der Waals surface area contributed by atoms with Crippen molar-refractivity contribution in [2.24, 2.45) is 0 Å². The van der Waals surface area contributed by atoms with Crippen molar-refractivity contribution in [1.29, 1.82) is 0 Å². The van der Waals surface area contributed by atoms with Crippen LogP contribution in [0.1, 0.15) is 55.9 Å². The van der Waals surface area contributed by atoms with E-state index in [2.05, 4.69) is 15.6 Å². The molecular weight excluding hydrogens is 631 g/mol. The Bertz CT molecular complexity index is 1580. The summed E-state index contributed by atoms with van der Waals surface area (Å²) in [5.41, 5.74) is -0.273. The van der Waals surface area contributed by atoms with Crippen molar-refractivity contribution in [3.05, 3.63) is 35.8 Å². The van der Waals surface area contributed by atoms with Gasteiger partial charge in [0, 0.05) is 56.3 Å². The van der Waals surface area contributed by atoms with E-state index in [0.29, 0.717) is 24.8 Å². The van der Waals surface area contributed by atoms with Crippen LogP contribution in [-0.2, 0) is 23.9 Å². The lowest BCUT2D eigenvalue weighted by Crippen LogP contribution is -2.56. The molecule has 2 aromatic rings. The lowest BCUT2D eigenvalue weighted by Gasteiger charge is -2.35. The Labute approximate surface area is 275 Å². The molecule has 0 spiro atoms. The van der Waals surface area contributed by atoms with Gasteiger partial charge in [0.25, 0.3) is 11.8 Å². The molecule has 2 saturated heterocycles. The maximum Gasteiger partial charge on any atom is 0.409 e. The third kappa shape index (κ3) is 8.09. The SMILES string of the molecule is CCOC(=O)N1CCN(C(=O)[C@H](CC(=O)O)NC(=O)c2cc(OCC(=O)N3CCC[C@H]3C(=O)NC3CCC3)c3ccc(F)cc3n2)CC1. The lowest BCUT2D eigenvalue weighted by molar-refractivity contribution is -0.143. The van der Waals surface area contributed by atoms with Gasteiger partial charge in [-0.25, -0.2) is 14.2 Å². The molecule has 5 amide bonds. The third-order valence-corrected chi connectivity index (χ3v) is 8.74. The zero-order valence-corrected chi connectivity index (χ0v) is 26.6. The largest absolute Gasteiger partial charge is 0.483 e. The Balaban J connectivity index is 1.29. The predicted octanol–water partition coefficient (Wildman–Crippen LogP) is 1.29. The topological polar surface area (TPSA) is 188 Å². The Hall–Kier alpha value is -5.02. The van der Waals surface area contributed by atoms with Crippen LogP contribution in [0.3, 0.4) is 0 Å². The molecule has 3 heterocycles. The van der Waals surface area contributed by atoms with Crippen molar-refractivity contribution in [3.63, 3.8) is 0 Å². The number of aliphatic carboxylic acids is 1. The van der Waals surface area contributed by atoms with Crippen molar-refractivity contribution in [2.75, 3.05) is 45.9 Å². The van der Waals surface area contributed by atoms with Crippen molar-refractivity contribution < 1.29 is 47.7 Å². The van der Waals surface area contributed by atoms with Gasteiger partial charge in [-0.1, -0.05) is 0 Å². The number of nitrogens with one attached hydrogen (secondary N) is 2. The second-order valence-electron chi connectivity index (χ2n) is 12.0. The number of hydrogen-bond donors (Lipinski definition) is 3. The molecule has 0 unspecified atom stereocenters. The number of rotatable bonds is 11. The van der Waals surface area contributed by atoms with Crippen LogP contribution in [0.2, 0.25) is 0 Å². The van der Waals surface area contributed by atoms with E-state index in [0.717, 1.165) is 25.3 Å². The molecule has 0 radical (unpaired) electrons. The highest BCUT2D eigenvalue weighted by molar-refractivity contribution is 6.00. The fraction of sp³-hybridized carbons (Fsp3) is 0.531. The maximum atomic E-state index is 14.2. The summed E-state index contributed by atoms with van der Waals surface area (Å²) in [6.45, 7) is 2.32. The minimum atomic E-state index is -1.47. The first-order chi connectivity index (χ1) is 23.0. The standard InChI is InChI=1S/C32H39FN6O9/c1-2-47-32(46)38-13-11-37(12-14-38)31(45)24(17-28(41)42)36-29(43)23-16-26(21-9-8-19(33)15-22(21)35-23)48-18-27(40)39-10-4-7-25(39)30(44)34-20-5-3-6-20/h8-9,15-16,20,24-25H,2-7,10-14,17-18H2,1H3,(H,34,44)(H,36,43)(H,41,42)/t24-,25-/m0/s1. The van der Waals surface area contributed by atoms with Gasteiger partial charge in [0.05, 0.1) is 18.5 Å². The summed E-state index contributed by atoms with van der Waals surface area (Å²) in [5, 5.41) is 15.2. The monoisotopic (exact) mass is 670 g/mol. The van der Waals surface area contributed by atoms with Crippen LogP contribution in [0.5, 0.6) is 5.75 Å². The number of hydrogen-bond acceptors (Lipinski definition) is 9. The van der Waals surface area contributed by atoms with Crippen LogP contribution in [0.4, 0.5) is 9.18 Å². The first-order valence-corrected chi connectivity index (χ1v) is 16.1. The number of amides is 5. The summed E-state index contributed by atoms with van der Waals surface area (Å²) in [5.74, 6) is -4.16. The minimum absolute atomic E-state index is 0.0280. The van der Waals surface area contributed by atoms with Crippen molar-refractivity contribution in [1.82, 2.24) is 30.3 Å². The van der Waals surface area contributed by atoms with Gasteiger partial charge in [-0.2, -0.15) is 0 Å². The Morgan fingerprint density at radius 3 is 2.40 bits per heavy atom. The van der Waals surface area contributed by atoms with E-state index in [-0.39, 0.29) is 61.7 Å². The lowest BCUT2D eigenvalue weighted by atomic mass is 9.93. The van der Waals surface area contributed by atoms with Crippen LogP contribution >= 0.6 is 0 Å². The van der Waals surface area contributed by atoms with Crippen LogP contribution in [0.25, 0.3) is 10.9 Å². The predicted molar refractivity (Wildman–Crippen MR) is 166 cm³/mol. The van der Waals surface area contributed by atoms with E-state index in [4.69, 9.17) is 9.47 Å². The fourth-order valence-electron chi connectivity index (χ4n) is 5.97. The number of piperazine rings is 1. The smallest absolute Gasteiger partial charge is 0.409 e. The Morgan fingerprint density at radius 1 is 1.00 bits per heavy atom. The number of nitrogens with zero attached hydrogens (tertiary/aromatic N) is 4. The second-order valence-corrected chi connectivity index (χ2v) is 12.0. The van der Waals surface area contributed by atoms with Gasteiger partial charge in [-0.05, 0) is 51.2 Å². The van der Waals surface area contributed by atoms with E-state index in [1.165, 1.54) is 32.9 Å². The zero-order valence-electron chi connectivity index (χ0n) is 26.6. The van der Waals surface area contributed by atoms with Crippen LogP contribution in [0.15, 0.2) is 24.3 Å². The van der Waals surface area contributed by atoms with Gasteiger partial charge in [-0.3, -0.25) is 24.0 Å². The molecule has 258 valence electrons. The number of fused-ring (bicyclic) bond motifs is 1. The summed E-state index contributed by atoms with van der Waals surface area (Å²) in [7, 11) is 0. The van der Waals surface area contributed by atoms with E-state index in [9.17, 15) is 38.3 Å². The van der Waals surface area contributed by atoms with E-state index >= 15 is 0 Å². The molecule has 1 saturated carbocycles. The molecule has 48 heavy (non-hydrogen) atoms. The number of carboxylic acids is 1. The highest BCUT2D eigenvalue weighted by atomic mass is 19.1. The summed E-state index contributed by atoms with van der Waals surface area (Å²) in [6.07, 6.45) is 2.84. The molecule has 3 aliphatic rings. The van der Waals surface area contributed by atoms with Crippen molar-refractivity contribution in [3.8, 4) is 5.75 Å². The summed E-state index contributed by atoms with van der Waals surface area (Å²) in [6, 6.07) is 2.91. The van der Waals surface area contributed by atoms with Gasteiger partial charge in [0.1, 0.15) is 29.3 Å². The molecule has 1 aromatic heterocycles. The van der Waals surface area contributed by atoms with Crippen molar-refractivity contribution in [2.45, 2.75) is 63.6 Å². The zero-order chi connectivity index (χ0) is 34.4. The fourth-order valence-corrected chi connectivity index (χ4v) is 5.97. The van der Waals surface area contributed by atoms with Crippen LogP contribution in [0, 0.1) is 5.82 Å². The molecule has 0 bridgehead atoms. The normalized spacial score (nSPS) is 18.5. The molecule has 3 fully saturated rings. The number of benzene rings is 1. The number of likely N-dealkylation sites (tertiary alicyclic amines) is 1. The summed E-state index contributed by atoms with van der Waals surface area (Å²) < 4.78 is 25.0. The minimum Gasteiger partial charge on any atom is -0.483 e. The number of aromatic nitrogens is 1. The molecule has 1 aliphatic carbocycles. The number of halogens is 1. The first-order valence-electron chi connectivity index (χ1n) is 16.1. The quantitative estimate of drug-likeness (QED) is 0.314. The molecule has 2 aliphatic heterocycles. The molecule has 3 N–H and O–H groups in total. The highest BCUT2D eigenvalue weighted by Gasteiger charge is 2.36. The first kappa shape index (κ1) is 34.3. The highest BCUT2D eigenvalue weighted by Crippen LogP contribution is 2.28. The molecule has 15 nitrogen and oxygen atoms in total. The van der Waals surface area contributed by atoms with E-state index < -0.39 is 60.7 Å². The van der Waals surface area contributed by atoms with Gasteiger partial charge in [0.15, 0.2) is 6.61 Å². The Morgan fingerprint density at radius 2 is 1.73 bits per heavy atom. The number of carboxylic acid groups (broad SMARTS) is 1. The molecular formula is C32H39FN6O9. The summed E-state index contributed by atoms with van der Waals surface area (Å²) in [4.78, 5) is 84.9. The van der Waals surface area contributed by atoms with Crippen molar-refractivity contribution >= 4 is 46.6 Å². The number of carbonyl (C=O) groups is 6. The van der Waals surface area contributed by atoms with Gasteiger partial charge >= 0.3 is 12.1 Å². The average Bonchev–Trinajstić information content (AvgIpc) is 3.54. The van der Waals surface area contributed by atoms with Gasteiger partial charge in [0.2, 0.25) is 11.8 Å². The van der Waals surface area contributed by atoms with E-state index in [1.807, 2.05) is 0 Å². The molecule has 16 heteroatoms. The van der Waals surface area contributed by atoms with E-state index in [1.54, 1.807) is 6.92 Å². The Kier molecular flexibility index (Phi) is 10.9. The molecule has 2 atom stereocenters. The average molecular weight is 671 g/mol. The maximum absolute atomic E-state index is 14.2. The second kappa shape index (κ2) is 15.3. The number of carbonyl (C=O) groups excluding carboxylic acids is 5.